The topological polar surface area (TPSA) is 99.4 Å². The zero-order chi connectivity index (χ0) is 15.0. The lowest BCUT2D eigenvalue weighted by atomic mass is 10.2. The summed E-state index contributed by atoms with van der Waals surface area (Å²) in [6.07, 6.45) is -4.91. The van der Waals surface area contributed by atoms with Crippen molar-refractivity contribution in [3.8, 4) is 5.75 Å². The van der Waals surface area contributed by atoms with Gasteiger partial charge in [-0.05, 0) is 16.8 Å². The van der Waals surface area contributed by atoms with Gasteiger partial charge in [0.15, 0.2) is 16.8 Å². The molecule has 0 bridgehead atoms. The summed E-state index contributed by atoms with van der Waals surface area (Å²) in [7, 11) is 0.303. The van der Waals surface area contributed by atoms with Gasteiger partial charge in [0.05, 0.1) is 5.56 Å². The summed E-state index contributed by atoms with van der Waals surface area (Å²) in [5.74, 6) is -2.24. The summed E-state index contributed by atoms with van der Waals surface area (Å²) in [6.45, 7) is 0.859. The van der Waals surface area contributed by atoms with Crippen molar-refractivity contribution >= 4 is 25.6 Å². The average molecular weight is 321 g/mol. The molecule has 12 heteroatoms. The number of pyridine rings is 1. The van der Waals surface area contributed by atoms with E-state index in [0.717, 1.165) is 6.92 Å². The molecule has 0 N–H and O–H groups in total. The predicted octanol–water partition coefficient (Wildman–Crippen LogP) is 2.12. The molecule has 0 unspecified atom stereocenters. The second-order valence-corrected chi connectivity index (χ2v) is 5.68. The van der Waals surface area contributed by atoms with Gasteiger partial charge in [0.1, 0.15) is 0 Å². The van der Waals surface area contributed by atoms with Crippen molar-refractivity contribution in [2.24, 2.45) is 0 Å². The lowest BCUT2D eigenvalue weighted by Crippen LogP contribution is -2.20. The van der Waals surface area contributed by atoms with E-state index >= 15 is 0 Å². The van der Waals surface area contributed by atoms with Crippen LogP contribution < -0.4 is 4.74 Å². The lowest BCUT2D eigenvalue weighted by Gasteiger charge is -2.12. The first-order valence-corrected chi connectivity index (χ1v) is 6.59. The fourth-order valence-corrected chi connectivity index (χ4v) is 2.09. The van der Waals surface area contributed by atoms with Crippen LogP contribution in [0.25, 0.3) is 0 Å². The Labute approximate surface area is 108 Å². The number of hydrogen-bond acceptors (Lipinski definition) is 6. The quantitative estimate of drug-likeness (QED) is 0.480. The molecule has 0 aliphatic carbocycles. The van der Waals surface area contributed by atoms with Gasteiger partial charge >= 0.3 is 12.2 Å². The molecule has 0 amide bonds. The molecular formula is C7H4ClF3N2O5S. The van der Waals surface area contributed by atoms with Crippen LogP contribution in [-0.4, -0.2) is 24.7 Å². The van der Waals surface area contributed by atoms with E-state index in [-0.39, 0.29) is 0 Å². The number of hydrogen-bond donors (Lipinski definition) is 0. The molecule has 0 atom stereocenters. The normalized spacial score (nSPS) is 12.3. The molecule has 0 saturated carbocycles. The number of nitrogens with zero attached hydrogens (tertiary/aromatic N) is 2. The van der Waals surface area contributed by atoms with Crippen LogP contribution in [0.2, 0.25) is 0 Å². The third-order valence-corrected chi connectivity index (χ3v) is 3.17. The van der Waals surface area contributed by atoms with Crippen molar-refractivity contribution in [1.29, 1.82) is 0 Å². The molecule has 1 aromatic heterocycles. The van der Waals surface area contributed by atoms with Crippen molar-refractivity contribution in [3.05, 3.63) is 21.9 Å². The van der Waals surface area contributed by atoms with Crippen LogP contribution in [0.4, 0.5) is 19.0 Å². The second kappa shape index (κ2) is 4.81. The van der Waals surface area contributed by atoms with Crippen LogP contribution in [0.5, 0.6) is 5.75 Å². The van der Waals surface area contributed by atoms with Gasteiger partial charge in [-0.25, -0.2) is 8.42 Å². The number of rotatable bonds is 3. The number of nitro groups is 1. The predicted molar refractivity (Wildman–Crippen MR) is 55.4 cm³/mol. The third-order valence-electron chi connectivity index (χ3n) is 1.86. The van der Waals surface area contributed by atoms with Gasteiger partial charge in [-0.3, -0.25) is 0 Å². The van der Waals surface area contributed by atoms with E-state index in [4.69, 9.17) is 10.7 Å². The Balaban J connectivity index is 3.60. The van der Waals surface area contributed by atoms with E-state index in [9.17, 15) is 31.7 Å². The Bertz CT molecular complexity index is 630. The van der Waals surface area contributed by atoms with Crippen LogP contribution in [0.15, 0.2) is 11.1 Å². The molecule has 0 aromatic carbocycles. The highest BCUT2D eigenvalue weighted by atomic mass is 35.7. The van der Waals surface area contributed by atoms with E-state index < -0.39 is 42.4 Å². The molecule has 0 aliphatic rings. The smallest absolute Gasteiger partial charge is 0.404 e. The maximum atomic E-state index is 12.2. The summed E-state index contributed by atoms with van der Waals surface area (Å²) in [5.41, 5.74) is -0.705. The second-order valence-electron chi connectivity index (χ2n) is 3.14. The molecule has 1 rings (SSSR count). The molecule has 0 fully saturated rings. The van der Waals surface area contributed by atoms with Crippen LogP contribution in [-0.2, 0) is 9.05 Å². The van der Waals surface area contributed by atoms with Crippen molar-refractivity contribution < 1.29 is 31.2 Å². The van der Waals surface area contributed by atoms with Gasteiger partial charge < -0.3 is 14.9 Å². The summed E-state index contributed by atoms with van der Waals surface area (Å²) >= 11 is 0. The van der Waals surface area contributed by atoms with Gasteiger partial charge in [-0.15, -0.1) is 13.2 Å². The first-order chi connectivity index (χ1) is 8.43. The van der Waals surface area contributed by atoms with Crippen LogP contribution in [0, 0.1) is 17.0 Å². The van der Waals surface area contributed by atoms with E-state index in [2.05, 4.69) is 9.72 Å². The zero-order valence-corrected chi connectivity index (χ0v) is 10.5. The molecule has 106 valence electrons. The Morgan fingerprint density at radius 2 is 2.00 bits per heavy atom. The zero-order valence-electron chi connectivity index (χ0n) is 8.93. The highest BCUT2D eigenvalue weighted by Crippen LogP contribution is 2.37. The monoisotopic (exact) mass is 320 g/mol. The average Bonchev–Trinajstić information content (AvgIpc) is 2.16. The summed E-state index contributed by atoms with van der Waals surface area (Å²) in [4.78, 5) is 11.5. The molecule has 19 heavy (non-hydrogen) atoms. The molecule has 0 spiro atoms. The van der Waals surface area contributed by atoms with E-state index in [0.29, 0.717) is 6.20 Å². The maximum absolute atomic E-state index is 12.2. The Morgan fingerprint density at radius 1 is 1.47 bits per heavy atom. The standard InChI is InChI=1S/C7H4ClF3N2O5S/c1-3-5(18-7(9,10)11)4(19(8,16)17)2-12-6(3)13(14)15/h2H,1H3. The van der Waals surface area contributed by atoms with Crippen LogP contribution in [0.1, 0.15) is 5.56 Å². The number of ether oxygens (including phenoxy) is 1. The van der Waals surface area contributed by atoms with E-state index in [1.54, 1.807) is 0 Å². The number of halogens is 4. The highest BCUT2D eigenvalue weighted by molar-refractivity contribution is 8.13. The molecule has 0 saturated heterocycles. The van der Waals surface area contributed by atoms with E-state index in [1.165, 1.54) is 0 Å². The summed E-state index contributed by atoms with van der Waals surface area (Å²) in [5, 5.41) is 10.5. The van der Waals surface area contributed by atoms with Gasteiger partial charge in [0.2, 0.25) is 0 Å². The van der Waals surface area contributed by atoms with Gasteiger partial charge in [0, 0.05) is 10.7 Å². The van der Waals surface area contributed by atoms with Crippen molar-refractivity contribution in [1.82, 2.24) is 4.98 Å². The van der Waals surface area contributed by atoms with Crippen molar-refractivity contribution in [2.45, 2.75) is 18.2 Å². The van der Waals surface area contributed by atoms with Crippen LogP contribution in [0.3, 0.4) is 0 Å². The summed E-state index contributed by atoms with van der Waals surface area (Å²) in [6, 6.07) is 0. The molecule has 0 radical (unpaired) electrons. The largest absolute Gasteiger partial charge is 0.573 e. The van der Waals surface area contributed by atoms with Crippen LogP contribution >= 0.6 is 10.7 Å². The number of alkyl halides is 3. The fraction of sp³-hybridized carbons (Fsp3) is 0.286. The van der Waals surface area contributed by atoms with E-state index in [1.807, 2.05) is 0 Å². The lowest BCUT2D eigenvalue weighted by molar-refractivity contribution is -0.390. The minimum Gasteiger partial charge on any atom is -0.404 e. The first-order valence-electron chi connectivity index (χ1n) is 4.28. The minimum atomic E-state index is -5.24. The Morgan fingerprint density at radius 3 is 2.37 bits per heavy atom. The molecule has 1 heterocycles. The van der Waals surface area contributed by atoms with Crippen molar-refractivity contribution in [3.63, 3.8) is 0 Å². The SMILES string of the molecule is Cc1c([N+](=O)[O-])ncc(S(=O)(=O)Cl)c1OC(F)(F)F. The molecular weight excluding hydrogens is 317 g/mol. The highest BCUT2D eigenvalue weighted by Gasteiger charge is 2.37. The first kappa shape index (κ1) is 15.4. The van der Waals surface area contributed by atoms with Gasteiger partial charge in [0.25, 0.3) is 9.05 Å². The van der Waals surface area contributed by atoms with Gasteiger partial charge in [-0.1, -0.05) is 0 Å². The minimum absolute atomic E-state index is 0.328. The maximum Gasteiger partial charge on any atom is 0.573 e. The third kappa shape index (κ3) is 3.67. The summed E-state index contributed by atoms with van der Waals surface area (Å²) < 4.78 is 62.2. The molecule has 7 nitrogen and oxygen atoms in total. The van der Waals surface area contributed by atoms with Crippen molar-refractivity contribution in [2.75, 3.05) is 0 Å². The molecule has 0 aliphatic heterocycles. The molecule has 1 aromatic rings. The fourth-order valence-electron chi connectivity index (χ4n) is 1.16. The number of aromatic nitrogens is 1. The Hall–Kier alpha value is -1.62. The Kier molecular flexibility index (Phi) is 3.91. The van der Waals surface area contributed by atoms with Gasteiger partial charge in [-0.2, -0.15) is 0 Å².